The highest BCUT2D eigenvalue weighted by molar-refractivity contribution is 7.14. The number of rotatable bonds is 13. The smallest absolute Gasteiger partial charge is 0.305 e. The first-order valence-electron chi connectivity index (χ1n) is 11.0. The molecule has 1 aromatic heterocycles. The number of thiazole rings is 1. The van der Waals surface area contributed by atoms with Crippen molar-refractivity contribution in [3.63, 3.8) is 0 Å². The molecule has 0 unspecified atom stereocenters. The van der Waals surface area contributed by atoms with E-state index < -0.39 is 0 Å². The minimum Gasteiger partial charge on any atom is -0.493 e. The zero-order chi connectivity index (χ0) is 23.6. The minimum atomic E-state index is -0.253. The van der Waals surface area contributed by atoms with Crippen molar-refractivity contribution in [2.75, 3.05) is 13.7 Å². The summed E-state index contributed by atoms with van der Waals surface area (Å²) in [5.74, 6) is 1.63. The number of carbonyl (C=O) groups is 2. The number of methoxy groups -OCH3 is 1. The van der Waals surface area contributed by atoms with Gasteiger partial charge < -0.3 is 19.5 Å². The van der Waals surface area contributed by atoms with Crippen LogP contribution in [0.25, 0.3) is 6.08 Å². The van der Waals surface area contributed by atoms with Crippen molar-refractivity contribution in [1.82, 2.24) is 10.3 Å². The fraction of sp³-hybridized carbons (Fsp3) is 0.458. The third-order valence-corrected chi connectivity index (χ3v) is 6.12. The molecule has 1 amide bonds. The van der Waals surface area contributed by atoms with E-state index in [0.717, 1.165) is 17.2 Å². The zero-order valence-electron chi connectivity index (χ0n) is 18.8. The van der Waals surface area contributed by atoms with Crippen LogP contribution in [-0.2, 0) is 14.3 Å². The van der Waals surface area contributed by atoms with Gasteiger partial charge in [0, 0.05) is 31.1 Å². The maximum absolute atomic E-state index is 12.0. The molecule has 1 aliphatic rings. The molecular weight excluding hydrogens is 464 g/mol. The predicted molar refractivity (Wildman–Crippen MR) is 129 cm³/mol. The van der Waals surface area contributed by atoms with E-state index in [4.69, 9.17) is 21.1 Å². The molecule has 1 aliphatic carbocycles. The molecule has 178 valence electrons. The van der Waals surface area contributed by atoms with Crippen LogP contribution in [0.3, 0.4) is 0 Å². The van der Waals surface area contributed by atoms with E-state index in [0.29, 0.717) is 47.6 Å². The van der Waals surface area contributed by atoms with Crippen molar-refractivity contribution in [3.05, 3.63) is 40.4 Å². The number of amides is 1. The molecule has 2 aromatic rings. The lowest BCUT2D eigenvalue weighted by Crippen LogP contribution is -2.30. The van der Waals surface area contributed by atoms with Crippen LogP contribution in [0.2, 0.25) is 5.02 Å². The Morgan fingerprint density at radius 3 is 2.82 bits per heavy atom. The van der Waals surface area contributed by atoms with Crippen molar-refractivity contribution in [2.24, 2.45) is 5.92 Å². The summed E-state index contributed by atoms with van der Waals surface area (Å²) in [6.07, 6.45) is 9.94. The van der Waals surface area contributed by atoms with Crippen molar-refractivity contribution in [2.45, 2.75) is 51.5 Å². The maximum atomic E-state index is 12.0. The Morgan fingerprint density at radius 2 is 2.09 bits per heavy atom. The normalized spacial score (nSPS) is 14.2. The largest absolute Gasteiger partial charge is 0.493 e. The van der Waals surface area contributed by atoms with Gasteiger partial charge >= 0.3 is 5.97 Å². The van der Waals surface area contributed by atoms with Crippen LogP contribution >= 0.6 is 22.9 Å². The van der Waals surface area contributed by atoms with Gasteiger partial charge in [-0.05, 0) is 56.7 Å². The number of halogens is 1. The second kappa shape index (κ2) is 12.6. The van der Waals surface area contributed by atoms with Crippen LogP contribution in [0, 0.1) is 5.92 Å². The minimum absolute atomic E-state index is 0.0513. The highest BCUT2D eigenvalue weighted by Crippen LogP contribution is 2.35. The van der Waals surface area contributed by atoms with Gasteiger partial charge in [-0.15, -0.1) is 0 Å². The van der Waals surface area contributed by atoms with Crippen molar-refractivity contribution in [3.8, 4) is 16.7 Å². The van der Waals surface area contributed by atoms with Gasteiger partial charge in [0.2, 0.25) is 5.91 Å². The summed E-state index contributed by atoms with van der Waals surface area (Å²) in [5.41, 5.74) is 0. The highest BCUT2D eigenvalue weighted by atomic mass is 35.5. The molecule has 0 spiro atoms. The summed E-state index contributed by atoms with van der Waals surface area (Å²) in [6.45, 7) is 2.63. The number of unbranched alkanes of at least 4 members (excludes halogenated alkanes) is 1. The molecule has 9 heteroatoms. The van der Waals surface area contributed by atoms with Crippen LogP contribution in [0.1, 0.15) is 50.3 Å². The summed E-state index contributed by atoms with van der Waals surface area (Å²) >= 11 is 7.71. The Kier molecular flexibility index (Phi) is 9.57. The summed E-state index contributed by atoms with van der Waals surface area (Å²) in [4.78, 5) is 28.3. The first-order valence-corrected chi connectivity index (χ1v) is 12.2. The van der Waals surface area contributed by atoms with Crippen molar-refractivity contribution < 1.29 is 23.8 Å². The molecule has 33 heavy (non-hydrogen) atoms. The predicted octanol–water partition coefficient (Wildman–Crippen LogP) is 5.63. The summed E-state index contributed by atoms with van der Waals surface area (Å²) in [6, 6.07) is 5.25. The van der Waals surface area contributed by atoms with Gasteiger partial charge in [-0.2, -0.15) is 0 Å². The zero-order valence-corrected chi connectivity index (χ0v) is 20.4. The summed E-state index contributed by atoms with van der Waals surface area (Å²) < 4.78 is 16.1. The number of ether oxygens (including phenoxy) is 3. The SMILES string of the molecule is COC(=O)CCCCC(=O)N[C@@H](C)/C=C/c1cnc(Oc2ccc(OCC3CC3)cc2Cl)s1. The molecule has 0 saturated heterocycles. The van der Waals surface area contributed by atoms with Crippen LogP contribution in [0.4, 0.5) is 0 Å². The van der Waals surface area contributed by atoms with E-state index in [2.05, 4.69) is 15.0 Å². The molecule has 0 radical (unpaired) electrons. The molecule has 1 atom stereocenters. The van der Waals surface area contributed by atoms with Gasteiger partial charge in [0.15, 0.2) is 0 Å². The number of hydrogen-bond donors (Lipinski definition) is 1. The van der Waals surface area contributed by atoms with Crippen LogP contribution < -0.4 is 14.8 Å². The van der Waals surface area contributed by atoms with Crippen LogP contribution in [0.15, 0.2) is 30.5 Å². The maximum Gasteiger partial charge on any atom is 0.305 e. The third kappa shape index (κ3) is 9.06. The monoisotopic (exact) mass is 492 g/mol. The number of carbonyl (C=O) groups excluding carboxylic acids is 2. The van der Waals surface area contributed by atoms with Gasteiger partial charge in [0.05, 0.1) is 23.6 Å². The third-order valence-electron chi connectivity index (χ3n) is 4.99. The molecule has 3 rings (SSSR count). The Balaban J connectivity index is 1.42. The molecule has 1 saturated carbocycles. The topological polar surface area (TPSA) is 86.8 Å². The Bertz CT molecular complexity index is 974. The standard InChI is InChI=1S/C24H29ClN2O5S/c1-16(27-22(28)5-3-4-6-23(29)30-2)7-11-19-14-26-24(33-19)32-21-12-10-18(13-20(21)25)31-15-17-8-9-17/h7,10-14,16-17H,3-6,8-9,15H2,1-2H3,(H,27,28)/b11-7+/t16-/m0/s1. The Morgan fingerprint density at radius 1 is 1.30 bits per heavy atom. The summed E-state index contributed by atoms with van der Waals surface area (Å²) in [5, 5.41) is 3.86. The van der Waals surface area contributed by atoms with Crippen LogP contribution in [-0.4, -0.2) is 36.6 Å². The molecular formula is C24H29ClN2O5S. The van der Waals surface area contributed by atoms with E-state index in [1.54, 1.807) is 18.3 Å². The lowest BCUT2D eigenvalue weighted by molar-refractivity contribution is -0.140. The fourth-order valence-electron chi connectivity index (χ4n) is 2.91. The molecule has 1 N–H and O–H groups in total. The van der Waals surface area contributed by atoms with Crippen molar-refractivity contribution in [1.29, 1.82) is 0 Å². The summed E-state index contributed by atoms with van der Waals surface area (Å²) in [7, 11) is 1.36. The first kappa shape index (κ1) is 25.1. The molecule has 1 aromatic carbocycles. The molecule has 7 nitrogen and oxygen atoms in total. The number of nitrogens with zero attached hydrogens (tertiary/aromatic N) is 1. The van der Waals surface area contributed by atoms with Gasteiger partial charge in [0.1, 0.15) is 11.5 Å². The quantitative estimate of drug-likeness (QED) is 0.288. The van der Waals surface area contributed by atoms with Gasteiger partial charge in [-0.3, -0.25) is 9.59 Å². The molecule has 0 aliphatic heterocycles. The second-order valence-corrected chi connectivity index (χ2v) is 9.41. The second-order valence-electron chi connectivity index (χ2n) is 7.98. The molecule has 1 fully saturated rings. The van der Waals surface area contributed by atoms with Gasteiger partial charge in [0.25, 0.3) is 5.19 Å². The lowest BCUT2D eigenvalue weighted by atomic mass is 10.2. The Hall–Kier alpha value is -2.58. The average molecular weight is 493 g/mol. The van der Waals surface area contributed by atoms with E-state index in [1.165, 1.54) is 31.3 Å². The van der Waals surface area contributed by atoms with Gasteiger partial charge in [-0.1, -0.05) is 29.0 Å². The molecule has 1 heterocycles. The van der Waals surface area contributed by atoms with Crippen LogP contribution in [0.5, 0.6) is 16.7 Å². The fourth-order valence-corrected chi connectivity index (χ4v) is 3.81. The van der Waals surface area contributed by atoms with E-state index in [-0.39, 0.29) is 17.9 Å². The average Bonchev–Trinajstić information content (AvgIpc) is 3.52. The number of hydrogen-bond acceptors (Lipinski definition) is 7. The number of benzene rings is 1. The number of esters is 1. The molecule has 0 bridgehead atoms. The van der Waals surface area contributed by atoms with E-state index in [9.17, 15) is 9.59 Å². The number of nitrogens with one attached hydrogen (secondary N) is 1. The first-order chi connectivity index (χ1) is 15.9. The Labute approximate surface area is 203 Å². The van der Waals surface area contributed by atoms with Crippen molar-refractivity contribution >= 4 is 40.9 Å². The van der Waals surface area contributed by atoms with E-state index >= 15 is 0 Å². The number of aromatic nitrogens is 1. The van der Waals surface area contributed by atoms with E-state index in [1.807, 2.05) is 25.1 Å². The van der Waals surface area contributed by atoms with Gasteiger partial charge in [-0.25, -0.2) is 4.98 Å². The lowest BCUT2D eigenvalue weighted by Gasteiger charge is -2.09. The highest BCUT2D eigenvalue weighted by Gasteiger charge is 2.22.